The fourth-order valence-corrected chi connectivity index (χ4v) is 1.92. The number of benzene rings is 1. The fourth-order valence-electron chi connectivity index (χ4n) is 0.839. The van der Waals surface area contributed by atoms with E-state index in [1.807, 2.05) is 0 Å². The summed E-state index contributed by atoms with van der Waals surface area (Å²) < 4.78 is 26.7. The van der Waals surface area contributed by atoms with E-state index in [0.29, 0.717) is 5.75 Å². The normalized spacial score (nSPS) is 11.3. The predicted molar refractivity (Wildman–Crippen MR) is 49.4 cm³/mol. The zero-order valence-corrected chi connectivity index (χ0v) is 8.39. The monoisotopic (exact) mass is 221 g/mol. The van der Waals surface area contributed by atoms with Crippen molar-refractivity contribution in [3.05, 3.63) is 23.2 Å². The Hall–Kier alpha value is -0.780. The van der Waals surface area contributed by atoms with Gasteiger partial charge in [-0.05, 0) is 12.1 Å². The van der Waals surface area contributed by atoms with Crippen LogP contribution in [0.15, 0.2) is 23.1 Å². The highest BCUT2D eigenvalue weighted by Gasteiger charge is 2.12. The summed E-state index contributed by atoms with van der Waals surface area (Å²) >= 11 is 5.65. The maximum atomic E-state index is 10.9. The van der Waals surface area contributed by atoms with Crippen LogP contribution >= 0.6 is 11.6 Å². The molecule has 0 radical (unpaired) electrons. The Labute approximate surface area is 81.3 Å². The van der Waals surface area contributed by atoms with Crippen LogP contribution in [0.3, 0.4) is 0 Å². The molecule has 0 aliphatic rings. The quantitative estimate of drug-likeness (QED) is 0.810. The Balaban J connectivity index is 3.29. The molecule has 2 N–H and O–H groups in total. The minimum Gasteiger partial charge on any atom is -0.497 e. The van der Waals surface area contributed by atoms with E-state index in [2.05, 4.69) is 0 Å². The molecule has 4 nitrogen and oxygen atoms in total. The van der Waals surface area contributed by atoms with Crippen LogP contribution in [0.25, 0.3) is 0 Å². The lowest BCUT2D eigenvalue weighted by Gasteiger charge is -2.03. The molecule has 13 heavy (non-hydrogen) atoms. The van der Waals surface area contributed by atoms with Gasteiger partial charge >= 0.3 is 0 Å². The number of rotatable bonds is 2. The molecule has 0 fully saturated rings. The lowest BCUT2D eigenvalue weighted by molar-refractivity contribution is 0.414. The number of halogens is 1. The molecule has 0 spiro atoms. The van der Waals surface area contributed by atoms with E-state index in [9.17, 15) is 8.42 Å². The van der Waals surface area contributed by atoms with Crippen LogP contribution in [0.4, 0.5) is 0 Å². The van der Waals surface area contributed by atoms with Gasteiger partial charge in [0.1, 0.15) is 10.6 Å². The molecule has 0 unspecified atom stereocenters. The van der Waals surface area contributed by atoms with E-state index in [-0.39, 0.29) is 9.92 Å². The topological polar surface area (TPSA) is 69.4 Å². The molecule has 1 rings (SSSR count). The van der Waals surface area contributed by atoms with Crippen molar-refractivity contribution in [3.8, 4) is 5.75 Å². The lowest BCUT2D eigenvalue weighted by atomic mass is 10.3. The zero-order valence-electron chi connectivity index (χ0n) is 6.82. The first kappa shape index (κ1) is 10.3. The summed E-state index contributed by atoms with van der Waals surface area (Å²) in [5, 5.41) is 4.95. The van der Waals surface area contributed by atoms with Gasteiger partial charge in [-0.15, -0.1) is 0 Å². The first-order valence-corrected chi connectivity index (χ1v) is 5.24. The van der Waals surface area contributed by atoms with Crippen LogP contribution in [0, 0.1) is 0 Å². The third-order valence-corrected chi connectivity index (χ3v) is 2.84. The van der Waals surface area contributed by atoms with Gasteiger partial charge in [0.05, 0.1) is 12.1 Å². The second-order valence-electron chi connectivity index (χ2n) is 2.34. The van der Waals surface area contributed by atoms with Gasteiger partial charge in [-0.2, -0.15) is 0 Å². The van der Waals surface area contributed by atoms with Crippen molar-refractivity contribution in [3.63, 3.8) is 0 Å². The van der Waals surface area contributed by atoms with Crippen molar-refractivity contribution in [1.82, 2.24) is 0 Å². The minimum absolute atomic E-state index is 0.0573. The predicted octanol–water partition coefficient (Wildman–Crippen LogP) is 0.996. The van der Waals surface area contributed by atoms with Crippen LogP contribution in [-0.4, -0.2) is 15.5 Å². The third kappa shape index (κ3) is 2.33. The molecule has 0 amide bonds. The average Bonchev–Trinajstić information content (AvgIpc) is 2.01. The van der Waals surface area contributed by atoms with E-state index in [1.54, 1.807) is 0 Å². The summed E-state index contributed by atoms with van der Waals surface area (Å²) in [5.74, 6) is 0.484. The summed E-state index contributed by atoms with van der Waals surface area (Å²) in [4.78, 5) is -0.102. The Morgan fingerprint density at radius 2 is 2.08 bits per heavy atom. The molecule has 0 aromatic heterocycles. The third-order valence-electron chi connectivity index (χ3n) is 1.45. The molecule has 0 saturated heterocycles. The Morgan fingerprint density at radius 3 is 2.46 bits per heavy atom. The highest BCUT2D eigenvalue weighted by atomic mass is 35.5. The molecule has 0 bridgehead atoms. The van der Waals surface area contributed by atoms with Crippen molar-refractivity contribution in [1.29, 1.82) is 0 Å². The highest BCUT2D eigenvalue weighted by Crippen LogP contribution is 2.24. The first-order chi connectivity index (χ1) is 5.95. The van der Waals surface area contributed by atoms with E-state index in [4.69, 9.17) is 21.5 Å². The smallest absolute Gasteiger partial charge is 0.239 e. The number of hydrogen-bond acceptors (Lipinski definition) is 3. The molecule has 6 heteroatoms. The minimum atomic E-state index is -3.75. The molecule has 72 valence electrons. The van der Waals surface area contributed by atoms with Crippen molar-refractivity contribution in [2.75, 3.05) is 7.11 Å². The molecular formula is C7H8ClNO3S. The molecule has 0 saturated carbocycles. The van der Waals surface area contributed by atoms with Gasteiger partial charge in [-0.1, -0.05) is 11.6 Å². The first-order valence-electron chi connectivity index (χ1n) is 3.31. The van der Waals surface area contributed by atoms with Crippen LogP contribution < -0.4 is 9.88 Å². The number of nitrogens with two attached hydrogens (primary N) is 1. The lowest BCUT2D eigenvalue weighted by Crippen LogP contribution is -2.12. The van der Waals surface area contributed by atoms with Crippen LogP contribution in [-0.2, 0) is 10.0 Å². The van der Waals surface area contributed by atoms with Gasteiger partial charge in [0.2, 0.25) is 10.0 Å². The van der Waals surface area contributed by atoms with Crippen molar-refractivity contribution in [2.24, 2.45) is 5.14 Å². The molecule has 0 aliphatic heterocycles. The molecule has 0 atom stereocenters. The van der Waals surface area contributed by atoms with Crippen LogP contribution in [0.5, 0.6) is 5.75 Å². The summed E-state index contributed by atoms with van der Waals surface area (Å²) in [6.07, 6.45) is 0. The number of sulfonamides is 1. The average molecular weight is 222 g/mol. The van der Waals surface area contributed by atoms with Gasteiger partial charge in [0.25, 0.3) is 0 Å². The molecule has 1 aromatic rings. The van der Waals surface area contributed by atoms with Crippen molar-refractivity contribution >= 4 is 21.6 Å². The van der Waals surface area contributed by atoms with Gasteiger partial charge in [-0.3, -0.25) is 0 Å². The molecule has 1 aromatic carbocycles. The zero-order chi connectivity index (χ0) is 10.1. The molecule has 0 heterocycles. The van der Waals surface area contributed by atoms with Crippen molar-refractivity contribution in [2.45, 2.75) is 4.90 Å². The van der Waals surface area contributed by atoms with Gasteiger partial charge in [-0.25, -0.2) is 13.6 Å². The SMILES string of the molecule is COc1ccc(S(N)(=O)=O)c(Cl)c1. The number of ether oxygens (including phenoxy) is 1. The number of hydrogen-bond donors (Lipinski definition) is 1. The second-order valence-corrected chi connectivity index (χ2v) is 4.28. The maximum Gasteiger partial charge on any atom is 0.239 e. The van der Waals surface area contributed by atoms with Gasteiger partial charge in [0.15, 0.2) is 0 Å². The van der Waals surface area contributed by atoms with Crippen LogP contribution in [0.2, 0.25) is 5.02 Å². The van der Waals surface area contributed by atoms with E-state index < -0.39 is 10.0 Å². The summed E-state index contributed by atoms with van der Waals surface area (Å²) in [6.45, 7) is 0. The molecule has 0 aliphatic carbocycles. The second kappa shape index (κ2) is 3.53. The van der Waals surface area contributed by atoms with E-state index in [1.165, 1.54) is 25.3 Å². The standard InChI is InChI=1S/C7H8ClNO3S/c1-12-5-2-3-7(6(8)4-5)13(9,10)11/h2-4H,1H3,(H2,9,10,11). The van der Waals surface area contributed by atoms with Crippen molar-refractivity contribution < 1.29 is 13.2 Å². The summed E-state index contributed by atoms with van der Waals surface area (Å²) in [5.41, 5.74) is 0. The highest BCUT2D eigenvalue weighted by molar-refractivity contribution is 7.89. The Kier molecular flexibility index (Phi) is 2.80. The van der Waals surface area contributed by atoms with Crippen LogP contribution in [0.1, 0.15) is 0 Å². The number of primary sulfonamides is 1. The number of methoxy groups -OCH3 is 1. The Bertz CT molecular complexity index is 416. The van der Waals surface area contributed by atoms with E-state index in [0.717, 1.165) is 0 Å². The van der Waals surface area contributed by atoms with Gasteiger partial charge in [0, 0.05) is 6.07 Å². The summed E-state index contributed by atoms with van der Waals surface area (Å²) in [6, 6.07) is 4.17. The summed E-state index contributed by atoms with van der Waals surface area (Å²) in [7, 11) is -2.29. The maximum absolute atomic E-state index is 10.9. The Morgan fingerprint density at radius 1 is 1.46 bits per heavy atom. The van der Waals surface area contributed by atoms with E-state index >= 15 is 0 Å². The molecular weight excluding hydrogens is 214 g/mol. The van der Waals surface area contributed by atoms with Gasteiger partial charge < -0.3 is 4.74 Å². The largest absolute Gasteiger partial charge is 0.497 e. The fraction of sp³-hybridized carbons (Fsp3) is 0.143.